The maximum absolute atomic E-state index is 13.6. The molecule has 5 atom stereocenters. The van der Waals surface area contributed by atoms with Crippen LogP contribution in [0.25, 0.3) is 6.08 Å². The number of hydrogen-bond acceptors (Lipinski definition) is 10. The Morgan fingerprint density at radius 2 is 1.69 bits per heavy atom. The first kappa shape index (κ1) is 44.4. The molecule has 3 amide bonds. The van der Waals surface area contributed by atoms with Crippen LogP contribution in [0.5, 0.6) is 11.5 Å². The highest BCUT2D eigenvalue weighted by Gasteiger charge is 2.29. The predicted octanol–water partition coefficient (Wildman–Crippen LogP) is 6.66. The van der Waals surface area contributed by atoms with E-state index in [1.165, 1.54) is 20.3 Å². The van der Waals surface area contributed by atoms with E-state index in [2.05, 4.69) is 29.4 Å². The van der Waals surface area contributed by atoms with E-state index in [0.29, 0.717) is 16.7 Å². The van der Waals surface area contributed by atoms with Gasteiger partial charge in [0.1, 0.15) is 17.6 Å². The van der Waals surface area contributed by atoms with Crippen molar-refractivity contribution >= 4 is 35.4 Å². The van der Waals surface area contributed by atoms with Gasteiger partial charge in [-0.3, -0.25) is 14.5 Å². The summed E-state index contributed by atoms with van der Waals surface area (Å²) < 4.78 is 16.7. The molecule has 0 unspecified atom stereocenters. The largest absolute Gasteiger partial charge is 0.506 e. The van der Waals surface area contributed by atoms with Crippen LogP contribution >= 0.6 is 0 Å². The Balaban J connectivity index is 2.10. The number of nitrogens with one attached hydrogen (secondary N) is 2. The highest BCUT2D eigenvalue weighted by Crippen LogP contribution is 2.42. The van der Waals surface area contributed by atoms with Crippen molar-refractivity contribution in [1.29, 1.82) is 0 Å². The fourth-order valence-electron chi connectivity index (χ4n) is 6.52. The van der Waals surface area contributed by atoms with Crippen LogP contribution in [0.4, 0.5) is 16.2 Å². The van der Waals surface area contributed by atoms with Gasteiger partial charge in [-0.15, -0.1) is 0 Å². The molecule has 1 aliphatic rings. The molecule has 1 heterocycles. The van der Waals surface area contributed by atoms with Crippen molar-refractivity contribution in [3.63, 3.8) is 0 Å². The second kappa shape index (κ2) is 21.2. The lowest BCUT2D eigenvalue weighted by atomic mass is 9.91. The van der Waals surface area contributed by atoms with Gasteiger partial charge in [-0.05, 0) is 82.5 Å². The van der Waals surface area contributed by atoms with E-state index in [4.69, 9.17) is 19.9 Å². The minimum Gasteiger partial charge on any atom is -0.506 e. The van der Waals surface area contributed by atoms with Crippen LogP contribution in [0.1, 0.15) is 82.3 Å². The molecule has 0 radical (unpaired) electrons. The van der Waals surface area contributed by atoms with Crippen LogP contribution in [-0.2, 0) is 25.5 Å². The topological polar surface area (TPSA) is 193 Å². The number of hydrogen-bond donors (Lipinski definition) is 6. The smallest absolute Gasteiger partial charge is 0.405 e. The fraction of sp³-hybridized carbons (Fsp3) is 0.452. The maximum atomic E-state index is 13.6. The number of amides is 3. The summed E-state index contributed by atoms with van der Waals surface area (Å²) >= 11 is 0. The second-order valence-electron chi connectivity index (χ2n) is 14.0. The summed E-state index contributed by atoms with van der Waals surface area (Å²) in [7, 11) is 2.89. The number of allylic oxidation sites excluding steroid dienone is 2. The zero-order chi connectivity index (χ0) is 40.8. The Kier molecular flexibility index (Phi) is 17.1. The maximum Gasteiger partial charge on any atom is 0.405 e. The number of nitrogens with zero attached hydrogens (tertiary/aromatic N) is 1. The number of carbonyl (C=O) groups is 3. The van der Waals surface area contributed by atoms with Crippen molar-refractivity contribution in [2.45, 2.75) is 91.8 Å². The minimum absolute atomic E-state index is 0.0366. The minimum atomic E-state index is -1.05. The van der Waals surface area contributed by atoms with Crippen LogP contribution in [0.3, 0.4) is 0 Å². The molecule has 55 heavy (non-hydrogen) atoms. The monoisotopic (exact) mass is 762 g/mol. The first-order valence-electron chi connectivity index (χ1n) is 18.6. The normalized spacial score (nSPS) is 24.1. The summed E-state index contributed by atoms with van der Waals surface area (Å²) in [6, 6.07) is 8.38. The third-order valence-corrected chi connectivity index (χ3v) is 9.44. The van der Waals surface area contributed by atoms with E-state index >= 15 is 0 Å². The summed E-state index contributed by atoms with van der Waals surface area (Å²) in [5, 5.41) is 39.7. The first-order chi connectivity index (χ1) is 26.1. The third kappa shape index (κ3) is 12.5. The number of phenols is 2. The Hall–Kier alpha value is -4.95. The van der Waals surface area contributed by atoms with E-state index in [-0.39, 0.29) is 28.9 Å². The zero-order valence-electron chi connectivity index (χ0n) is 33.2. The van der Waals surface area contributed by atoms with Crippen LogP contribution < -0.4 is 16.4 Å². The number of anilines is 2. The molecule has 0 aliphatic carbocycles. The van der Waals surface area contributed by atoms with Gasteiger partial charge in [0.05, 0.1) is 23.6 Å². The molecule has 13 heteroatoms. The highest BCUT2D eigenvalue weighted by atomic mass is 16.6. The van der Waals surface area contributed by atoms with Crippen molar-refractivity contribution in [3.8, 4) is 11.5 Å². The van der Waals surface area contributed by atoms with E-state index in [0.717, 1.165) is 44.1 Å². The molecule has 13 nitrogen and oxygen atoms in total. The number of rotatable bonds is 11. The van der Waals surface area contributed by atoms with Gasteiger partial charge in [-0.2, -0.15) is 0 Å². The first-order valence-corrected chi connectivity index (χ1v) is 18.6. The van der Waals surface area contributed by atoms with Gasteiger partial charge in [-0.25, -0.2) is 4.79 Å². The lowest BCUT2D eigenvalue weighted by Crippen LogP contribution is -2.36. The molecule has 2 aromatic rings. The SMILES string of the molecule is CCCN(CCC)Cc1ccc(C(=O)Nc2c(O)cc3c(O)c2/C=C(\C)C[C@H](OC)[C@H](O)[C@@H](C)/C=C(\C)[C@H](OC(N)=O)[C@@H](OC)C=C/C=C(\C)C(=O)N3)cc1. The molecule has 300 valence electrons. The molecular weight excluding hydrogens is 704 g/mol. The molecular formula is C42H58N4O9. The molecule has 0 saturated heterocycles. The molecule has 7 N–H and O–H groups in total. The van der Waals surface area contributed by atoms with Gasteiger partial charge < -0.3 is 45.9 Å². The average molecular weight is 763 g/mol. The quantitative estimate of drug-likeness (QED) is 0.0820. The number of phenolic OH excluding ortho intramolecular Hbond substituents is 2. The number of aromatic hydroxyl groups is 2. The Morgan fingerprint density at radius 1 is 1.04 bits per heavy atom. The van der Waals surface area contributed by atoms with Crippen LogP contribution in [-0.4, -0.2) is 89.9 Å². The lowest BCUT2D eigenvalue weighted by molar-refractivity contribution is -0.112. The van der Waals surface area contributed by atoms with Gasteiger partial charge in [0, 0.05) is 49.4 Å². The summed E-state index contributed by atoms with van der Waals surface area (Å²) in [5.41, 5.74) is 8.04. The van der Waals surface area contributed by atoms with Crippen molar-refractivity contribution in [3.05, 3.63) is 88.0 Å². The summed E-state index contributed by atoms with van der Waals surface area (Å²) in [6.07, 6.45) is 5.60. The van der Waals surface area contributed by atoms with Crippen molar-refractivity contribution < 1.29 is 43.9 Å². The fourth-order valence-corrected chi connectivity index (χ4v) is 6.52. The van der Waals surface area contributed by atoms with E-state index < -0.39 is 59.7 Å². The van der Waals surface area contributed by atoms with E-state index in [9.17, 15) is 29.7 Å². The van der Waals surface area contributed by atoms with Crippen molar-refractivity contribution in [2.24, 2.45) is 11.7 Å². The predicted molar refractivity (Wildman–Crippen MR) is 215 cm³/mol. The molecule has 2 aromatic carbocycles. The van der Waals surface area contributed by atoms with Crippen molar-refractivity contribution in [1.82, 2.24) is 4.90 Å². The molecule has 0 saturated carbocycles. The van der Waals surface area contributed by atoms with E-state index in [1.807, 2.05) is 12.1 Å². The number of aliphatic hydroxyl groups is 1. The van der Waals surface area contributed by atoms with Crippen LogP contribution in [0, 0.1) is 5.92 Å². The molecule has 1 aliphatic heterocycles. The number of fused-ring (bicyclic) bond motifs is 2. The van der Waals surface area contributed by atoms with Gasteiger partial charge in [-0.1, -0.05) is 62.8 Å². The Morgan fingerprint density at radius 3 is 2.27 bits per heavy atom. The van der Waals surface area contributed by atoms with Crippen LogP contribution in [0.15, 0.2) is 71.4 Å². The number of nitrogens with two attached hydrogens (primary N) is 1. The van der Waals surface area contributed by atoms with Crippen molar-refractivity contribution in [2.75, 3.05) is 37.9 Å². The summed E-state index contributed by atoms with van der Waals surface area (Å²) in [5.74, 6) is -2.43. The number of aliphatic hydroxyl groups excluding tert-OH is 1. The summed E-state index contributed by atoms with van der Waals surface area (Å²) in [6.45, 7) is 13.8. The third-order valence-electron chi connectivity index (χ3n) is 9.44. The Bertz CT molecular complexity index is 1760. The van der Waals surface area contributed by atoms with Crippen LogP contribution in [0.2, 0.25) is 0 Å². The number of benzene rings is 2. The molecule has 3 rings (SSSR count). The van der Waals surface area contributed by atoms with E-state index in [1.54, 1.807) is 64.1 Å². The molecule has 0 fully saturated rings. The Labute approximate surface area is 324 Å². The lowest BCUT2D eigenvalue weighted by Gasteiger charge is -2.28. The molecule has 0 aromatic heterocycles. The number of primary amides is 1. The second-order valence-corrected chi connectivity index (χ2v) is 14.0. The molecule has 2 bridgehead atoms. The highest BCUT2D eigenvalue weighted by molar-refractivity contribution is 6.09. The van der Waals surface area contributed by atoms with Gasteiger partial charge in [0.25, 0.3) is 11.8 Å². The number of ether oxygens (including phenoxy) is 3. The van der Waals surface area contributed by atoms with Gasteiger partial charge in [0.2, 0.25) is 0 Å². The van der Waals surface area contributed by atoms with Gasteiger partial charge >= 0.3 is 6.09 Å². The standard InChI is InChI=1S/C42H58N4O9/c1-9-18-46(19-10-2)24-29-14-16-30(17-15-29)41(51)45-36-31-20-25(3)21-35(54-8)37(48)27(5)22-28(6)39(55-42(43)52)34(53-7)13-11-12-26(4)40(50)44-32(38(31)49)23-33(36)47/h11-17,20,22-23,27,34-35,37,39,47-49H,9-10,18-19,21,24H2,1-8H3,(H2,43,52)(H,44,50)(H,45,51)/b13-11?,25-20+,26-12+,28-22+/t27-,34-,35-,37+,39-/m0/s1. The zero-order valence-corrected chi connectivity index (χ0v) is 33.2. The average Bonchev–Trinajstić information content (AvgIpc) is 3.14. The summed E-state index contributed by atoms with van der Waals surface area (Å²) in [4.78, 5) is 41.1. The molecule has 0 spiro atoms. The van der Waals surface area contributed by atoms with Gasteiger partial charge in [0.15, 0.2) is 6.10 Å². The number of carbonyl (C=O) groups excluding carboxylic acids is 3. The number of methoxy groups -OCH3 is 2.